The molecule has 1 saturated heterocycles. The third-order valence-electron chi connectivity index (χ3n) is 2.79. The molecule has 1 aromatic carbocycles. The molecule has 1 aliphatic heterocycles. The zero-order valence-electron chi connectivity index (χ0n) is 8.84. The van der Waals surface area contributed by atoms with Gasteiger partial charge in [-0.25, -0.2) is 0 Å². The van der Waals surface area contributed by atoms with Crippen molar-refractivity contribution < 1.29 is 18.3 Å². The van der Waals surface area contributed by atoms with Crippen molar-refractivity contribution in [3.63, 3.8) is 0 Å². The number of hydrogen-bond donors (Lipinski definition) is 1. The first-order valence-corrected chi connectivity index (χ1v) is 5.56. The first-order valence-electron chi connectivity index (χ1n) is 5.18. The Morgan fingerprint density at radius 3 is 2.59 bits per heavy atom. The summed E-state index contributed by atoms with van der Waals surface area (Å²) in [5.74, 6) is 0. The van der Waals surface area contributed by atoms with Crippen LogP contribution in [-0.4, -0.2) is 24.3 Å². The molecule has 94 valence electrons. The minimum absolute atomic E-state index is 0.297. The van der Waals surface area contributed by atoms with E-state index in [1.807, 2.05) is 0 Å². The van der Waals surface area contributed by atoms with Gasteiger partial charge in [-0.1, -0.05) is 17.7 Å². The van der Waals surface area contributed by atoms with Gasteiger partial charge >= 0.3 is 6.18 Å². The molecular weight excluding hydrogens is 255 g/mol. The van der Waals surface area contributed by atoms with Crippen LogP contribution in [0.4, 0.5) is 18.9 Å². The Morgan fingerprint density at radius 1 is 1.35 bits per heavy atom. The second-order valence-corrected chi connectivity index (χ2v) is 4.40. The number of aliphatic hydroxyl groups excluding tert-OH is 1. The maximum absolute atomic E-state index is 12.6. The van der Waals surface area contributed by atoms with Gasteiger partial charge in [0.05, 0.1) is 22.4 Å². The van der Waals surface area contributed by atoms with E-state index in [-0.39, 0.29) is 5.02 Å². The Hall–Kier alpha value is -0.940. The molecule has 0 bridgehead atoms. The van der Waals surface area contributed by atoms with Crippen LogP contribution in [0.1, 0.15) is 12.0 Å². The number of hydrogen-bond acceptors (Lipinski definition) is 2. The van der Waals surface area contributed by atoms with E-state index in [9.17, 15) is 18.3 Å². The Balaban J connectivity index is 2.36. The number of nitrogens with zero attached hydrogens (tertiary/aromatic N) is 1. The molecule has 2 rings (SSSR count). The Kier molecular flexibility index (Phi) is 3.23. The standard InChI is InChI=1S/C11H11ClF3NO/c12-10-8(11(13,14)15)2-1-3-9(10)16-5-4-7(17)6-16/h1-3,7,17H,4-6H2. The minimum atomic E-state index is -4.45. The summed E-state index contributed by atoms with van der Waals surface area (Å²) in [4.78, 5) is 1.67. The highest BCUT2D eigenvalue weighted by molar-refractivity contribution is 6.34. The summed E-state index contributed by atoms with van der Waals surface area (Å²) in [6.07, 6.45) is -4.40. The summed E-state index contributed by atoms with van der Waals surface area (Å²) in [5.41, 5.74) is -0.504. The van der Waals surface area contributed by atoms with Gasteiger partial charge in [0.1, 0.15) is 0 Å². The number of aliphatic hydroxyl groups is 1. The Labute approximate surface area is 102 Å². The fraction of sp³-hybridized carbons (Fsp3) is 0.455. The molecular formula is C11H11ClF3NO. The highest BCUT2D eigenvalue weighted by Crippen LogP contribution is 2.40. The molecule has 1 aliphatic rings. The van der Waals surface area contributed by atoms with Crippen LogP contribution in [0.5, 0.6) is 0 Å². The van der Waals surface area contributed by atoms with E-state index in [0.717, 1.165) is 6.07 Å². The van der Waals surface area contributed by atoms with Crippen molar-refractivity contribution in [1.82, 2.24) is 0 Å². The van der Waals surface area contributed by atoms with Gasteiger partial charge in [0.15, 0.2) is 0 Å². The van der Waals surface area contributed by atoms with Gasteiger partial charge in [0.25, 0.3) is 0 Å². The maximum Gasteiger partial charge on any atom is 0.417 e. The highest BCUT2D eigenvalue weighted by atomic mass is 35.5. The van der Waals surface area contributed by atoms with Gasteiger partial charge in [-0.3, -0.25) is 0 Å². The second kappa shape index (κ2) is 4.38. The third kappa shape index (κ3) is 2.50. The zero-order chi connectivity index (χ0) is 12.6. The molecule has 6 heteroatoms. The lowest BCUT2D eigenvalue weighted by atomic mass is 10.2. The van der Waals surface area contributed by atoms with Gasteiger partial charge < -0.3 is 10.0 Å². The maximum atomic E-state index is 12.6. The van der Waals surface area contributed by atoms with Crippen molar-refractivity contribution in [2.24, 2.45) is 0 Å². The Bertz CT molecular complexity index is 422. The molecule has 0 aromatic heterocycles. The van der Waals surface area contributed by atoms with Crippen LogP contribution in [0, 0.1) is 0 Å². The number of alkyl halides is 3. The first kappa shape index (κ1) is 12.5. The fourth-order valence-corrected chi connectivity index (χ4v) is 2.30. The van der Waals surface area contributed by atoms with Crippen LogP contribution in [-0.2, 0) is 6.18 Å². The molecule has 1 aromatic rings. The van der Waals surface area contributed by atoms with E-state index in [0.29, 0.717) is 25.2 Å². The average Bonchev–Trinajstić information content (AvgIpc) is 2.63. The van der Waals surface area contributed by atoms with E-state index in [2.05, 4.69) is 0 Å². The van der Waals surface area contributed by atoms with Gasteiger partial charge in [0, 0.05) is 13.1 Å². The van der Waals surface area contributed by atoms with Crippen molar-refractivity contribution >= 4 is 17.3 Å². The van der Waals surface area contributed by atoms with E-state index in [1.54, 1.807) is 4.90 Å². The largest absolute Gasteiger partial charge is 0.417 e. The molecule has 1 fully saturated rings. The molecule has 0 radical (unpaired) electrons. The van der Waals surface area contributed by atoms with Crippen molar-refractivity contribution in [2.75, 3.05) is 18.0 Å². The van der Waals surface area contributed by atoms with Gasteiger partial charge in [-0.15, -0.1) is 0 Å². The van der Waals surface area contributed by atoms with Gasteiger partial charge in [0.2, 0.25) is 0 Å². The van der Waals surface area contributed by atoms with Crippen molar-refractivity contribution in [2.45, 2.75) is 18.7 Å². The van der Waals surface area contributed by atoms with Crippen LogP contribution in [0.3, 0.4) is 0 Å². The lowest BCUT2D eigenvalue weighted by Gasteiger charge is -2.21. The van der Waals surface area contributed by atoms with E-state index in [4.69, 9.17) is 11.6 Å². The smallest absolute Gasteiger partial charge is 0.391 e. The second-order valence-electron chi connectivity index (χ2n) is 4.02. The number of benzene rings is 1. The quantitative estimate of drug-likeness (QED) is 0.844. The molecule has 0 spiro atoms. The molecule has 1 heterocycles. The van der Waals surface area contributed by atoms with E-state index >= 15 is 0 Å². The van der Waals surface area contributed by atoms with Crippen molar-refractivity contribution in [3.05, 3.63) is 28.8 Å². The molecule has 0 amide bonds. The Morgan fingerprint density at radius 2 is 2.06 bits per heavy atom. The molecule has 0 aliphatic carbocycles. The predicted molar refractivity (Wildman–Crippen MR) is 59.3 cm³/mol. The van der Waals surface area contributed by atoms with Crippen LogP contribution >= 0.6 is 11.6 Å². The predicted octanol–water partition coefficient (Wildman–Crippen LogP) is 2.93. The normalized spacial score (nSPS) is 21.0. The molecule has 17 heavy (non-hydrogen) atoms. The SMILES string of the molecule is OC1CCN(c2cccc(C(F)(F)F)c2Cl)C1. The van der Waals surface area contributed by atoms with Gasteiger partial charge in [-0.05, 0) is 18.6 Å². The molecule has 2 nitrogen and oxygen atoms in total. The summed E-state index contributed by atoms with van der Waals surface area (Å²) >= 11 is 5.78. The number of halogens is 4. The minimum Gasteiger partial charge on any atom is -0.391 e. The molecule has 1 N–H and O–H groups in total. The number of anilines is 1. The topological polar surface area (TPSA) is 23.5 Å². The summed E-state index contributed by atoms with van der Waals surface area (Å²) < 4.78 is 37.9. The summed E-state index contributed by atoms with van der Waals surface area (Å²) in [5, 5.41) is 9.08. The lowest BCUT2D eigenvalue weighted by Crippen LogP contribution is -2.22. The zero-order valence-corrected chi connectivity index (χ0v) is 9.59. The van der Waals surface area contributed by atoms with Crippen LogP contribution < -0.4 is 4.90 Å². The number of β-amino-alcohol motifs (C(OH)–C–C–N with tert-alkyl or cyclic N) is 1. The van der Waals surface area contributed by atoms with E-state index < -0.39 is 17.8 Å². The molecule has 1 atom stereocenters. The van der Waals surface area contributed by atoms with Crippen LogP contribution in [0.15, 0.2) is 18.2 Å². The first-order chi connectivity index (χ1) is 7.89. The summed E-state index contributed by atoms with van der Waals surface area (Å²) in [6.45, 7) is 0.837. The monoisotopic (exact) mass is 265 g/mol. The average molecular weight is 266 g/mol. The van der Waals surface area contributed by atoms with Crippen LogP contribution in [0.2, 0.25) is 5.02 Å². The number of rotatable bonds is 1. The van der Waals surface area contributed by atoms with Crippen LogP contribution in [0.25, 0.3) is 0 Å². The summed E-state index contributed by atoms with van der Waals surface area (Å²) in [6, 6.07) is 3.82. The third-order valence-corrected chi connectivity index (χ3v) is 3.19. The molecule has 0 saturated carbocycles. The fourth-order valence-electron chi connectivity index (χ4n) is 1.94. The summed E-state index contributed by atoms with van der Waals surface area (Å²) in [7, 11) is 0. The lowest BCUT2D eigenvalue weighted by molar-refractivity contribution is -0.137. The molecule has 1 unspecified atom stereocenters. The van der Waals surface area contributed by atoms with E-state index in [1.165, 1.54) is 12.1 Å². The highest BCUT2D eigenvalue weighted by Gasteiger charge is 2.35. The van der Waals surface area contributed by atoms with Crippen molar-refractivity contribution in [3.8, 4) is 0 Å². The van der Waals surface area contributed by atoms with Crippen molar-refractivity contribution in [1.29, 1.82) is 0 Å². The van der Waals surface area contributed by atoms with Gasteiger partial charge in [-0.2, -0.15) is 13.2 Å².